The van der Waals surface area contributed by atoms with Gasteiger partial charge in [-0.1, -0.05) is 41.5 Å². The van der Waals surface area contributed by atoms with Gasteiger partial charge in [-0.05, 0) is 30.6 Å². The summed E-state index contributed by atoms with van der Waals surface area (Å²) in [5.41, 5.74) is -0.432. The van der Waals surface area contributed by atoms with Gasteiger partial charge in [0.2, 0.25) is 0 Å². The molecule has 0 aromatic rings. The summed E-state index contributed by atoms with van der Waals surface area (Å²) in [6, 6.07) is -0.0104. The van der Waals surface area contributed by atoms with Crippen LogP contribution in [0.4, 0.5) is 0 Å². The number of nitrogens with zero attached hydrogens (tertiary/aromatic N) is 1. The topological polar surface area (TPSA) is 66.5 Å². The average Bonchev–Trinajstić information content (AvgIpc) is 3.01. The number of hydrogen-bond donors (Lipinski definition) is 1. The third kappa shape index (κ3) is 4.54. The monoisotopic (exact) mass is 344 g/mol. The second-order valence-corrected chi connectivity index (χ2v) is 11.0. The molecule has 0 aromatic heterocycles. The summed E-state index contributed by atoms with van der Waals surface area (Å²) in [5, 5.41) is 0. The van der Waals surface area contributed by atoms with Gasteiger partial charge in [0.1, 0.15) is 5.78 Å². The molecule has 3 atom stereocenters. The maximum Gasteiger partial charge on any atom is 0.279 e. The Hall–Kier alpha value is -0.460. The molecule has 2 aliphatic rings. The van der Waals surface area contributed by atoms with Gasteiger partial charge in [-0.15, -0.1) is 0 Å². The zero-order chi connectivity index (χ0) is 17.6. The molecule has 0 bridgehead atoms. The number of ketones is 1. The largest absolute Gasteiger partial charge is 0.299 e. The van der Waals surface area contributed by atoms with E-state index in [0.29, 0.717) is 13.1 Å². The molecule has 6 heteroatoms. The number of nitrogens with one attached hydrogen (secondary N) is 1. The summed E-state index contributed by atoms with van der Waals surface area (Å²) in [6.45, 7) is 12.8. The Balaban J connectivity index is 2.03. The molecule has 0 amide bonds. The smallest absolute Gasteiger partial charge is 0.279 e. The van der Waals surface area contributed by atoms with Crippen LogP contribution in [-0.2, 0) is 15.0 Å². The van der Waals surface area contributed by atoms with Gasteiger partial charge in [-0.3, -0.25) is 4.79 Å². The van der Waals surface area contributed by atoms with E-state index in [2.05, 4.69) is 4.72 Å². The third-order valence-corrected chi connectivity index (χ3v) is 6.33. The summed E-state index contributed by atoms with van der Waals surface area (Å²) in [4.78, 5) is 12.4. The molecule has 1 aliphatic carbocycles. The summed E-state index contributed by atoms with van der Waals surface area (Å²) in [5.74, 6) is 0.517. The average molecular weight is 345 g/mol. The van der Waals surface area contributed by atoms with Crippen LogP contribution in [-0.4, -0.2) is 37.6 Å². The second-order valence-electron chi connectivity index (χ2n) is 9.33. The molecule has 1 aliphatic heterocycles. The third-order valence-electron chi connectivity index (χ3n) is 4.75. The van der Waals surface area contributed by atoms with Gasteiger partial charge in [-0.2, -0.15) is 12.7 Å². The van der Waals surface area contributed by atoms with Gasteiger partial charge in [0.15, 0.2) is 0 Å². The van der Waals surface area contributed by atoms with Crippen LogP contribution in [0, 0.1) is 22.7 Å². The van der Waals surface area contributed by atoms with Gasteiger partial charge in [0.05, 0.1) is 0 Å². The van der Waals surface area contributed by atoms with E-state index in [9.17, 15) is 13.2 Å². The fraction of sp³-hybridized carbons (Fsp3) is 0.941. The molecule has 1 heterocycles. The Bertz CT molecular complexity index is 557. The molecular weight excluding hydrogens is 312 g/mol. The van der Waals surface area contributed by atoms with Crippen molar-refractivity contribution < 1.29 is 13.2 Å². The molecule has 1 saturated heterocycles. The van der Waals surface area contributed by atoms with Gasteiger partial charge in [-0.25, -0.2) is 4.72 Å². The number of hydrogen-bond acceptors (Lipinski definition) is 3. The summed E-state index contributed by atoms with van der Waals surface area (Å²) in [6.07, 6.45) is 2.59. The quantitative estimate of drug-likeness (QED) is 0.833. The minimum absolute atomic E-state index is 0.0104. The predicted molar refractivity (Wildman–Crippen MR) is 92.2 cm³/mol. The van der Waals surface area contributed by atoms with Crippen LogP contribution in [0.25, 0.3) is 0 Å². The summed E-state index contributed by atoms with van der Waals surface area (Å²) in [7, 11) is -3.46. The van der Waals surface area contributed by atoms with E-state index in [4.69, 9.17) is 0 Å². The molecule has 0 spiro atoms. The van der Waals surface area contributed by atoms with Gasteiger partial charge < -0.3 is 0 Å². The van der Waals surface area contributed by atoms with Crippen molar-refractivity contribution in [1.29, 1.82) is 0 Å². The van der Waals surface area contributed by atoms with Crippen molar-refractivity contribution in [3.8, 4) is 0 Å². The van der Waals surface area contributed by atoms with E-state index in [1.54, 1.807) is 4.31 Å². The van der Waals surface area contributed by atoms with E-state index in [1.807, 2.05) is 41.5 Å². The minimum Gasteiger partial charge on any atom is -0.299 e. The second kappa shape index (κ2) is 6.12. The SMILES string of the molecule is CC(C)(C)CNS(=O)(=O)N1CCCC1C1CC1C(=O)C(C)(C)C. The normalized spacial score (nSPS) is 29.7. The highest BCUT2D eigenvalue weighted by Gasteiger charge is 2.54. The van der Waals surface area contributed by atoms with E-state index in [1.165, 1.54) is 0 Å². The highest BCUT2D eigenvalue weighted by Crippen LogP contribution is 2.49. The zero-order valence-electron chi connectivity index (χ0n) is 15.3. The molecule has 1 saturated carbocycles. The van der Waals surface area contributed by atoms with E-state index >= 15 is 0 Å². The molecule has 1 N–H and O–H groups in total. The van der Waals surface area contributed by atoms with Crippen LogP contribution < -0.4 is 4.72 Å². The van der Waals surface area contributed by atoms with Crippen LogP contribution >= 0.6 is 0 Å². The van der Waals surface area contributed by atoms with Crippen molar-refractivity contribution in [1.82, 2.24) is 9.03 Å². The van der Waals surface area contributed by atoms with E-state index in [-0.39, 0.29) is 34.5 Å². The molecule has 0 aromatic carbocycles. The van der Waals surface area contributed by atoms with Crippen LogP contribution in [0.3, 0.4) is 0 Å². The lowest BCUT2D eigenvalue weighted by molar-refractivity contribution is -0.128. The zero-order valence-corrected chi connectivity index (χ0v) is 16.2. The van der Waals surface area contributed by atoms with Crippen molar-refractivity contribution in [2.75, 3.05) is 13.1 Å². The Labute approximate surface area is 141 Å². The molecule has 2 fully saturated rings. The maximum absolute atomic E-state index is 12.6. The lowest BCUT2D eigenvalue weighted by Crippen LogP contribution is -2.46. The number of rotatable bonds is 5. The van der Waals surface area contributed by atoms with E-state index in [0.717, 1.165) is 19.3 Å². The van der Waals surface area contributed by atoms with Gasteiger partial charge in [0, 0.05) is 30.5 Å². The van der Waals surface area contributed by atoms with Crippen molar-refractivity contribution in [2.24, 2.45) is 22.7 Å². The van der Waals surface area contributed by atoms with Crippen LogP contribution in [0.15, 0.2) is 0 Å². The number of carbonyl (C=O) groups is 1. The van der Waals surface area contributed by atoms with Crippen molar-refractivity contribution >= 4 is 16.0 Å². The molecule has 5 nitrogen and oxygen atoms in total. The molecule has 134 valence electrons. The summed E-state index contributed by atoms with van der Waals surface area (Å²) < 4.78 is 29.6. The highest BCUT2D eigenvalue weighted by atomic mass is 32.2. The molecule has 0 radical (unpaired) electrons. The van der Waals surface area contributed by atoms with Gasteiger partial charge in [0.25, 0.3) is 10.2 Å². The van der Waals surface area contributed by atoms with E-state index < -0.39 is 10.2 Å². The predicted octanol–water partition coefficient (Wildman–Crippen LogP) is 2.58. The maximum atomic E-state index is 12.6. The van der Waals surface area contributed by atoms with Gasteiger partial charge >= 0.3 is 0 Å². The van der Waals surface area contributed by atoms with Crippen molar-refractivity contribution in [2.45, 2.75) is 66.8 Å². The Kier molecular flexibility index (Phi) is 5.02. The molecular formula is C17H32N2O3S. The first kappa shape index (κ1) is 18.9. The summed E-state index contributed by atoms with van der Waals surface area (Å²) >= 11 is 0. The standard InChI is InChI=1S/C17H32N2O3S/c1-16(2,3)11-18-23(21,22)19-9-7-8-14(19)12-10-13(12)15(20)17(4,5)6/h12-14,18H,7-11H2,1-6H3. The Morgan fingerprint density at radius 3 is 2.30 bits per heavy atom. The lowest BCUT2D eigenvalue weighted by Gasteiger charge is -2.27. The first-order chi connectivity index (χ1) is 10.3. The Morgan fingerprint density at radius 1 is 1.17 bits per heavy atom. The molecule has 2 rings (SSSR count). The van der Waals surface area contributed by atoms with Crippen LogP contribution in [0.2, 0.25) is 0 Å². The van der Waals surface area contributed by atoms with Crippen molar-refractivity contribution in [3.63, 3.8) is 0 Å². The molecule has 3 unspecified atom stereocenters. The fourth-order valence-electron chi connectivity index (χ4n) is 3.38. The first-order valence-corrected chi connectivity index (χ1v) is 10.1. The van der Waals surface area contributed by atoms with Crippen LogP contribution in [0.5, 0.6) is 0 Å². The number of carbonyl (C=O) groups excluding carboxylic acids is 1. The number of Topliss-reactive ketones (excluding diaryl/α,β-unsaturated/α-hetero) is 1. The minimum atomic E-state index is -3.46. The lowest BCUT2D eigenvalue weighted by atomic mass is 9.87. The van der Waals surface area contributed by atoms with Crippen LogP contribution in [0.1, 0.15) is 60.8 Å². The fourth-order valence-corrected chi connectivity index (χ4v) is 5.15. The first-order valence-electron chi connectivity index (χ1n) is 8.64. The molecule has 23 heavy (non-hydrogen) atoms. The highest BCUT2D eigenvalue weighted by molar-refractivity contribution is 7.87. The Morgan fingerprint density at radius 2 is 1.78 bits per heavy atom. The van der Waals surface area contributed by atoms with Crippen molar-refractivity contribution in [3.05, 3.63) is 0 Å².